The number of hydrogen-bond donors (Lipinski definition) is 0. The Bertz CT molecular complexity index is 1440. The van der Waals surface area contributed by atoms with Gasteiger partial charge >= 0.3 is 6.18 Å². The molecule has 1 atom stereocenters. The van der Waals surface area contributed by atoms with Crippen molar-refractivity contribution in [1.29, 1.82) is 0 Å². The van der Waals surface area contributed by atoms with Crippen LogP contribution in [0.25, 0.3) is 0 Å². The molecule has 1 aliphatic rings. The lowest BCUT2D eigenvalue weighted by molar-refractivity contribution is -0.137. The number of carbonyl (C=O) groups excluding carboxylic acids is 2. The monoisotopic (exact) mass is 587 g/mol. The third kappa shape index (κ3) is 6.88. The van der Waals surface area contributed by atoms with Gasteiger partial charge in [0, 0.05) is 37.3 Å². The molecule has 0 saturated heterocycles. The molecular weight excluding hydrogens is 558 g/mol. The number of ether oxygens (including phenoxy) is 3. The molecule has 0 fully saturated rings. The molecule has 0 N–H and O–H groups in total. The minimum atomic E-state index is -4.55. The van der Waals surface area contributed by atoms with Crippen LogP contribution in [0.3, 0.4) is 0 Å². The van der Waals surface area contributed by atoms with Crippen molar-refractivity contribution in [2.75, 3.05) is 41.0 Å². The molecule has 3 aromatic carbocycles. The normalized spacial score (nSPS) is 14.9. The fraction of sp³-hybridized carbons (Fsp3) is 0.300. The second-order valence-corrected chi connectivity index (χ2v) is 9.42. The summed E-state index contributed by atoms with van der Waals surface area (Å²) in [6.45, 7) is -0.351. The molecule has 0 saturated carbocycles. The largest absolute Gasteiger partial charge is 0.497 e. The Morgan fingerprint density at radius 2 is 1.67 bits per heavy atom. The van der Waals surface area contributed by atoms with E-state index >= 15 is 0 Å². The molecule has 0 bridgehead atoms. The summed E-state index contributed by atoms with van der Waals surface area (Å²) in [5.41, 5.74) is 0.852. The quantitative estimate of drug-likeness (QED) is 0.300. The number of hydrogen-bond acceptors (Lipinski definition) is 6. The molecule has 0 aliphatic carbocycles. The van der Waals surface area contributed by atoms with Crippen LogP contribution >= 0.6 is 0 Å². The number of amides is 2. The third-order valence-electron chi connectivity index (χ3n) is 6.78. The van der Waals surface area contributed by atoms with Crippen molar-refractivity contribution in [1.82, 2.24) is 9.91 Å². The van der Waals surface area contributed by atoms with E-state index in [0.717, 1.165) is 24.3 Å². The molecule has 8 nitrogen and oxygen atoms in total. The van der Waals surface area contributed by atoms with Gasteiger partial charge < -0.3 is 19.1 Å². The van der Waals surface area contributed by atoms with Gasteiger partial charge in [0.25, 0.3) is 11.8 Å². The second-order valence-electron chi connectivity index (χ2n) is 9.42. The molecule has 0 radical (unpaired) electrons. The van der Waals surface area contributed by atoms with Crippen LogP contribution in [0.2, 0.25) is 0 Å². The van der Waals surface area contributed by atoms with E-state index < -0.39 is 42.0 Å². The fourth-order valence-corrected chi connectivity index (χ4v) is 4.56. The third-order valence-corrected chi connectivity index (χ3v) is 6.78. The Balaban J connectivity index is 1.65. The topological polar surface area (TPSA) is 80.7 Å². The molecular formula is C30H29F4N3O5. The first kappa shape index (κ1) is 30.5. The van der Waals surface area contributed by atoms with Crippen LogP contribution in [0.5, 0.6) is 11.5 Å². The molecule has 4 rings (SSSR count). The van der Waals surface area contributed by atoms with E-state index in [-0.39, 0.29) is 25.1 Å². The summed E-state index contributed by atoms with van der Waals surface area (Å²) in [5.74, 6) is -0.608. The maximum Gasteiger partial charge on any atom is 0.416 e. The zero-order valence-electron chi connectivity index (χ0n) is 23.2. The average molecular weight is 588 g/mol. The first-order valence-corrected chi connectivity index (χ1v) is 12.9. The highest BCUT2D eigenvalue weighted by Gasteiger charge is 2.36. The number of alkyl halides is 3. The zero-order chi connectivity index (χ0) is 30.4. The van der Waals surface area contributed by atoms with Crippen molar-refractivity contribution < 1.29 is 41.4 Å². The number of nitrogens with zero attached hydrogens (tertiary/aromatic N) is 3. The number of hydrazone groups is 1. The predicted octanol–water partition coefficient (Wildman–Crippen LogP) is 5.33. The van der Waals surface area contributed by atoms with Crippen LogP contribution in [0, 0.1) is 5.82 Å². The SMILES string of the molecule is COCCN(CC(=O)N1N=C(c2ccc(OC)cc2OC)C[C@H]1c1ccc(F)cc1)C(=O)c1ccc(C(F)(F)F)cc1. The van der Waals surface area contributed by atoms with Gasteiger partial charge in [0.1, 0.15) is 23.9 Å². The van der Waals surface area contributed by atoms with Gasteiger partial charge in [-0.15, -0.1) is 0 Å². The molecule has 1 heterocycles. The lowest BCUT2D eigenvalue weighted by Crippen LogP contribution is -2.42. The van der Waals surface area contributed by atoms with Crippen LogP contribution < -0.4 is 9.47 Å². The van der Waals surface area contributed by atoms with E-state index in [2.05, 4.69) is 5.10 Å². The molecule has 2 amide bonds. The standard InChI is InChI=1S/C30H29F4N3O5/c1-40-15-14-36(29(39)20-4-8-21(9-5-20)30(32,33)34)18-28(38)37-26(19-6-10-22(31)11-7-19)17-25(35-37)24-13-12-23(41-2)16-27(24)42-3/h4-13,16,26H,14-15,17-18H2,1-3H3/t26-/m0/s1. The Kier molecular flexibility index (Phi) is 9.46. The van der Waals surface area contributed by atoms with Crippen LogP contribution in [-0.2, 0) is 15.7 Å². The van der Waals surface area contributed by atoms with Gasteiger partial charge in [-0.3, -0.25) is 9.59 Å². The predicted molar refractivity (Wildman–Crippen MR) is 146 cm³/mol. The summed E-state index contributed by atoms with van der Waals surface area (Å²) in [6, 6.07) is 14.0. The number of benzene rings is 3. The summed E-state index contributed by atoms with van der Waals surface area (Å²) in [7, 11) is 4.44. The maximum atomic E-state index is 13.7. The van der Waals surface area contributed by atoms with Gasteiger partial charge in [-0.25, -0.2) is 9.40 Å². The van der Waals surface area contributed by atoms with E-state index in [1.165, 1.54) is 43.4 Å². The highest BCUT2D eigenvalue weighted by Crippen LogP contribution is 2.36. The number of carbonyl (C=O) groups is 2. The number of rotatable bonds is 10. The van der Waals surface area contributed by atoms with Crippen LogP contribution in [0.1, 0.15) is 39.5 Å². The van der Waals surface area contributed by atoms with E-state index in [9.17, 15) is 27.2 Å². The van der Waals surface area contributed by atoms with Gasteiger partial charge in [-0.1, -0.05) is 12.1 Å². The second kappa shape index (κ2) is 13.0. The summed E-state index contributed by atoms with van der Waals surface area (Å²) < 4.78 is 68.7. The average Bonchev–Trinajstić information content (AvgIpc) is 3.44. The van der Waals surface area contributed by atoms with Gasteiger partial charge in [0.2, 0.25) is 0 Å². The van der Waals surface area contributed by atoms with Gasteiger partial charge in [0.15, 0.2) is 0 Å². The lowest BCUT2D eigenvalue weighted by atomic mass is 9.97. The summed E-state index contributed by atoms with van der Waals surface area (Å²) in [4.78, 5) is 28.2. The number of methoxy groups -OCH3 is 3. The molecule has 0 spiro atoms. The number of halogens is 4. The Hall–Kier alpha value is -4.45. The van der Waals surface area contributed by atoms with Crippen molar-refractivity contribution >= 4 is 17.5 Å². The fourth-order valence-electron chi connectivity index (χ4n) is 4.56. The molecule has 0 aromatic heterocycles. The van der Waals surface area contributed by atoms with Gasteiger partial charge in [0.05, 0.1) is 38.1 Å². The summed E-state index contributed by atoms with van der Waals surface area (Å²) >= 11 is 0. The van der Waals surface area contributed by atoms with Crippen molar-refractivity contribution in [3.63, 3.8) is 0 Å². The Morgan fingerprint density at radius 1 is 0.976 bits per heavy atom. The minimum absolute atomic E-state index is 0.0000245. The Labute approximate surface area is 240 Å². The van der Waals surface area contributed by atoms with Crippen molar-refractivity contribution in [3.05, 3.63) is 94.8 Å². The highest BCUT2D eigenvalue weighted by molar-refractivity contribution is 6.05. The van der Waals surface area contributed by atoms with Crippen LogP contribution in [0.4, 0.5) is 17.6 Å². The Morgan fingerprint density at radius 3 is 2.26 bits per heavy atom. The van der Waals surface area contributed by atoms with E-state index in [4.69, 9.17) is 14.2 Å². The first-order valence-electron chi connectivity index (χ1n) is 12.9. The van der Waals surface area contributed by atoms with Crippen molar-refractivity contribution in [3.8, 4) is 11.5 Å². The molecule has 12 heteroatoms. The summed E-state index contributed by atoms with van der Waals surface area (Å²) in [6.07, 6.45) is -4.29. The molecule has 222 valence electrons. The maximum absolute atomic E-state index is 13.7. The molecule has 3 aromatic rings. The first-order chi connectivity index (χ1) is 20.0. The van der Waals surface area contributed by atoms with E-state index in [1.54, 1.807) is 30.3 Å². The molecule has 0 unspecified atom stereocenters. The lowest BCUT2D eigenvalue weighted by Gasteiger charge is -2.27. The van der Waals surface area contributed by atoms with Crippen molar-refractivity contribution in [2.24, 2.45) is 5.10 Å². The smallest absolute Gasteiger partial charge is 0.416 e. The van der Waals surface area contributed by atoms with Gasteiger partial charge in [-0.2, -0.15) is 18.3 Å². The highest BCUT2D eigenvalue weighted by atomic mass is 19.4. The zero-order valence-corrected chi connectivity index (χ0v) is 23.2. The molecule has 42 heavy (non-hydrogen) atoms. The van der Waals surface area contributed by atoms with Gasteiger partial charge in [-0.05, 0) is 54.1 Å². The van der Waals surface area contributed by atoms with Crippen LogP contribution in [0.15, 0.2) is 71.8 Å². The summed E-state index contributed by atoms with van der Waals surface area (Å²) in [5, 5.41) is 5.84. The van der Waals surface area contributed by atoms with Crippen molar-refractivity contribution in [2.45, 2.75) is 18.6 Å². The van der Waals surface area contributed by atoms with E-state index in [0.29, 0.717) is 28.3 Å². The minimum Gasteiger partial charge on any atom is -0.497 e. The van der Waals surface area contributed by atoms with Crippen LogP contribution in [-0.4, -0.2) is 68.5 Å². The molecule has 1 aliphatic heterocycles. The van der Waals surface area contributed by atoms with E-state index in [1.807, 2.05) is 0 Å².